The van der Waals surface area contributed by atoms with Crippen LogP contribution in [0.4, 0.5) is 0 Å². The summed E-state index contributed by atoms with van der Waals surface area (Å²) in [6, 6.07) is 40.4. The molecule has 0 fully saturated rings. The maximum Gasteiger partial charge on any atom is -0.0109 e. The third kappa shape index (κ3) is 14.6. The van der Waals surface area contributed by atoms with E-state index < -0.39 is 0 Å². The van der Waals surface area contributed by atoms with E-state index in [0.717, 1.165) is 0 Å². The maximum atomic E-state index is 2.37. The largest absolute Gasteiger partial charge is 0.0683 e. The molecule has 6 aromatic carbocycles. The molecule has 0 unspecified atom stereocenters. The molecule has 60 heavy (non-hydrogen) atoms. The van der Waals surface area contributed by atoms with Crippen molar-refractivity contribution in [3.8, 4) is 0 Å². The lowest BCUT2D eigenvalue weighted by Gasteiger charge is -2.27. The zero-order valence-electron chi connectivity index (χ0n) is 43.4. The van der Waals surface area contributed by atoms with Crippen LogP contribution in [-0.2, 0) is 32.5 Å². The molecule has 0 bridgehead atoms. The van der Waals surface area contributed by atoms with E-state index >= 15 is 0 Å². The van der Waals surface area contributed by atoms with Gasteiger partial charge in [0, 0.05) is 0 Å². The number of hydrogen-bond donors (Lipinski definition) is 0. The van der Waals surface area contributed by atoms with Crippen LogP contribution in [0.25, 0.3) is 32.3 Å². The fourth-order valence-electron chi connectivity index (χ4n) is 7.39. The van der Waals surface area contributed by atoms with Gasteiger partial charge in [0.25, 0.3) is 0 Å². The van der Waals surface area contributed by atoms with Crippen LogP contribution < -0.4 is 0 Å². The Morgan fingerprint density at radius 1 is 0.250 bits per heavy atom. The minimum atomic E-state index is 0.181. The Balaban J connectivity index is 0.000000423. The summed E-state index contributed by atoms with van der Waals surface area (Å²) in [6.07, 6.45) is 0. The van der Waals surface area contributed by atoms with Crippen molar-refractivity contribution >= 4 is 32.3 Å². The summed E-state index contributed by atoms with van der Waals surface area (Å²) in [5, 5.41) is 8.29. The minimum absolute atomic E-state index is 0.181. The van der Waals surface area contributed by atoms with Gasteiger partial charge in [-0.15, -0.1) is 0 Å². The minimum Gasteiger partial charge on any atom is -0.0683 e. The van der Waals surface area contributed by atoms with Gasteiger partial charge in [-0.05, 0) is 98.2 Å². The van der Waals surface area contributed by atoms with Crippen molar-refractivity contribution in [1.29, 1.82) is 0 Å². The van der Waals surface area contributed by atoms with Gasteiger partial charge in [-0.2, -0.15) is 0 Å². The Morgan fingerprint density at radius 2 is 0.567 bits per heavy atom. The topological polar surface area (TPSA) is 0 Å². The van der Waals surface area contributed by atoms with Crippen molar-refractivity contribution in [3.05, 3.63) is 143 Å². The summed E-state index contributed by atoms with van der Waals surface area (Å²) in [7, 11) is 0. The zero-order chi connectivity index (χ0) is 46.7. The maximum absolute atomic E-state index is 2.37. The molecule has 0 heteroatoms. The monoisotopic (exact) mass is 811 g/mol. The molecule has 0 aliphatic rings. The van der Waals surface area contributed by atoms with Crippen molar-refractivity contribution < 1.29 is 0 Å². The average Bonchev–Trinajstić information content (AvgIpc) is 3.17. The molecule has 0 aromatic heterocycles. The molecule has 0 atom stereocenters. The highest BCUT2D eigenvalue weighted by atomic mass is 14.3. The van der Waals surface area contributed by atoms with Crippen molar-refractivity contribution in [3.63, 3.8) is 0 Å². The van der Waals surface area contributed by atoms with Gasteiger partial charge >= 0.3 is 0 Å². The van der Waals surface area contributed by atoms with Crippen LogP contribution >= 0.6 is 0 Å². The SMILES string of the molecule is CC.CC.CC.CC(C)(C)c1ccc2c(C(C)(C)C)cccc2c1.CC(C)(C)c1ccc2cccc(C(C)(C)C)c2c1.CC(C)(C)c1cccc2cccc(C(C)(C)C)c12. The summed E-state index contributed by atoms with van der Waals surface area (Å²) in [6.45, 7) is 53.1. The first kappa shape index (κ1) is 54.1. The molecule has 0 saturated heterocycles. The van der Waals surface area contributed by atoms with Crippen molar-refractivity contribution in [2.24, 2.45) is 0 Å². The number of rotatable bonds is 0. The van der Waals surface area contributed by atoms with Gasteiger partial charge in [0.05, 0.1) is 0 Å². The van der Waals surface area contributed by atoms with Crippen LogP contribution in [0.3, 0.4) is 0 Å². The molecule has 6 aromatic rings. The summed E-state index contributed by atoms with van der Waals surface area (Å²) in [5.41, 5.74) is 9.75. The summed E-state index contributed by atoms with van der Waals surface area (Å²) in [4.78, 5) is 0. The van der Waals surface area contributed by atoms with Gasteiger partial charge in [-0.3, -0.25) is 0 Å². The number of hydrogen-bond acceptors (Lipinski definition) is 0. The standard InChI is InChI=1S/3C18H24.3C2H6/c1-17(2,3)14-11-7-9-13-10-8-12-15(16(13)14)18(4,5)6;1-17(2,3)14-10-11-15-13(12-14)8-7-9-16(15)18(4,5)6;1-17(2,3)14-11-10-13-8-7-9-16(15(13)12-14)18(4,5)6;3*1-2/h3*7-12H,1-6H3;3*1-2H3. The van der Waals surface area contributed by atoms with Gasteiger partial charge in [-0.25, -0.2) is 0 Å². The highest BCUT2D eigenvalue weighted by molar-refractivity contribution is 5.91. The van der Waals surface area contributed by atoms with Gasteiger partial charge in [0.15, 0.2) is 0 Å². The van der Waals surface area contributed by atoms with Crippen molar-refractivity contribution in [2.45, 2.75) is 199 Å². The molecule has 330 valence electrons. The first-order chi connectivity index (χ1) is 27.6. The zero-order valence-corrected chi connectivity index (χ0v) is 43.4. The van der Waals surface area contributed by atoms with Crippen LogP contribution in [0.2, 0.25) is 0 Å². The molecular weight excluding hydrogens is 721 g/mol. The Labute approximate surface area is 372 Å². The molecule has 0 spiro atoms. The highest BCUT2D eigenvalue weighted by Gasteiger charge is 2.24. The predicted molar refractivity (Wildman–Crippen MR) is 278 cm³/mol. The quantitative estimate of drug-likeness (QED) is 0.143. The van der Waals surface area contributed by atoms with Crippen LogP contribution in [-0.4, -0.2) is 0 Å². The first-order valence-electron chi connectivity index (χ1n) is 23.2. The van der Waals surface area contributed by atoms with E-state index in [2.05, 4.69) is 234 Å². The van der Waals surface area contributed by atoms with Crippen molar-refractivity contribution in [2.75, 3.05) is 0 Å². The van der Waals surface area contributed by atoms with E-state index in [-0.39, 0.29) is 32.5 Å². The van der Waals surface area contributed by atoms with Crippen molar-refractivity contribution in [1.82, 2.24) is 0 Å². The Kier molecular flexibility index (Phi) is 19.6. The normalized spacial score (nSPS) is 12.0. The molecule has 0 heterocycles. The lowest BCUT2D eigenvalue weighted by molar-refractivity contribution is 0.581. The number of fused-ring (bicyclic) bond motifs is 3. The third-order valence-electron chi connectivity index (χ3n) is 10.6. The molecule has 6 rings (SSSR count). The third-order valence-corrected chi connectivity index (χ3v) is 10.6. The van der Waals surface area contributed by atoms with E-state index in [4.69, 9.17) is 0 Å². The molecule has 0 amide bonds. The highest BCUT2D eigenvalue weighted by Crippen LogP contribution is 2.38. The molecule has 0 N–H and O–H groups in total. The average molecular weight is 811 g/mol. The molecule has 0 aliphatic heterocycles. The molecule has 0 aliphatic carbocycles. The second-order valence-corrected chi connectivity index (χ2v) is 21.7. The fourth-order valence-corrected chi connectivity index (χ4v) is 7.39. The Bertz CT molecular complexity index is 2140. The molecule has 0 radical (unpaired) electrons. The fraction of sp³-hybridized carbons (Fsp3) is 0.500. The van der Waals surface area contributed by atoms with Gasteiger partial charge < -0.3 is 0 Å². The van der Waals surface area contributed by atoms with E-state index in [9.17, 15) is 0 Å². The number of benzene rings is 6. The molecular formula is C60H90. The van der Waals surface area contributed by atoms with E-state index in [0.29, 0.717) is 0 Å². The van der Waals surface area contributed by atoms with E-state index in [1.165, 1.54) is 65.7 Å². The van der Waals surface area contributed by atoms with Gasteiger partial charge in [-0.1, -0.05) is 275 Å². The van der Waals surface area contributed by atoms with Crippen LogP contribution in [0.5, 0.6) is 0 Å². The summed E-state index contributed by atoms with van der Waals surface area (Å²) in [5.74, 6) is 0. The summed E-state index contributed by atoms with van der Waals surface area (Å²) < 4.78 is 0. The van der Waals surface area contributed by atoms with Gasteiger partial charge in [0.1, 0.15) is 0 Å². The van der Waals surface area contributed by atoms with Crippen LogP contribution in [0.1, 0.15) is 200 Å². The van der Waals surface area contributed by atoms with Gasteiger partial charge in [0.2, 0.25) is 0 Å². The van der Waals surface area contributed by atoms with E-state index in [1.54, 1.807) is 0 Å². The second kappa shape index (κ2) is 21.8. The summed E-state index contributed by atoms with van der Waals surface area (Å²) >= 11 is 0. The lowest BCUT2D eigenvalue weighted by atomic mass is 9.77. The Morgan fingerprint density at radius 3 is 0.950 bits per heavy atom. The van der Waals surface area contributed by atoms with E-state index in [1.807, 2.05) is 41.5 Å². The second-order valence-electron chi connectivity index (χ2n) is 21.7. The molecule has 0 nitrogen and oxygen atoms in total. The predicted octanol–water partition coefficient (Wildman–Crippen LogP) is 19.4. The van der Waals surface area contributed by atoms with Crippen LogP contribution in [0.15, 0.2) is 109 Å². The first-order valence-corrected chi connectivity index (χ1v) is 23.2. The smallest absolute Gasteiger partial charge is 0.0109 e. The lowest BCUT2D eigenvalue weighted by Crippen LogP contribution is -2.17. The van der Waals surface area contributed by atoms with Crippen LogP contribution in [0, 0.1) is 0 Å². The molecule has 0 saturated carbocycles. The Hall–Kier alpha value is -3.90.